The standard InChI is InChI=1S/C36H49N5O2S.C26H31ClN2OS.C10H19N3O.FH/c1-24-19-25(2)21-26(20-24)33-29(11-14-38-15-17-39(18-16-38)23-32(42)40-12-5-6-13-40)30-22-31(44-34(30)37-33)36(3,4)35(43)41-27-7-8-28(41)10-9-27;1-15-11-16(2)13-17(12-15)23-20(9-10-27)21-14-22(31-24(21)28-23)26(3,4)25(30)29-18-5-6-19(29)8-7-18;14-10(13-5-1-2-6-13)9-12-7-3-11-4-8-12;/h19-22,27-28,37H,5-18,23H2,1-4H3;11-14,18-19,28H,5-10H2,1-4H3;11H,1-9H2;1H. The van der Waals surface area contributed by atoms with Crippen LogP contribution in [0.4, 0.5) is 4.70 Å². The van der Waals surface area contributed by atoms with E-state index in [4.69, 9.17) is 11.6 Å². The Hall–Kier alpha value is -5.14. The summed E-state index contributed by atoms with van der Waals surface area (Å²) in [6, 6.07) is 19.9. The predicted molar refractivity (Wildman–Crippen MR) is 368 cm³/mol. The lowest BCUT2D eigenvalue weighted by molar-refractivity contribution is -0.138. The first-order valence-electron chi connectivity index (χ1n) is 33.9. The molecule has 12 heterocycles. The van der Waals surface area contributed by atoms with Gasteiger partial charge in [0.25, 0.3) is 0 Å². The summed E-state index contributed by atoms with van der Waals surface area (Å²) < 4.78 is 0. The molecule has 0 aliphatic carbocycles. The molecule has 488 valence electrons. The first-order chi connectivity index (χ1) is 42.8. The van der Waals surface area contributed by atoms with Gasteiger partial charge in [-0.25, -0.2) is 0 Å². The summed E-state index contributed by atoms with van der Waals surface area (Å²) >= 11 is 9.72. The predicted octanol–water partition coefficient (Wildman–Crippen LogP) is 12.1. The largest absolute Gasteiger partial charge is 0.346 e. The second kappa shape index (κ2) is 28.2. The van der Waals surface area contributed by atoms with Crippen LogP contribution in [0.15, 0.2) is 48.5 Å². The molecule has 4 bridgehead atoms. The number of amides is 4. The molecule has 8 fully saturated rings. The Balaban J connectivity index is 0.000000156. The third kappa shape index (κ3) is 14.0. The molecule has 4 aromatic heterocycles. The molecule has 14 nitrogen and oxygen atoms in total. The van der Waals surface area contributed by atoms with Crippen LogP contribution in [-0.4, -0.2) is 196 Å². The van der Waals surface area contributed by atoms with Crippen molar-refractivity contribution in [2.75, 3.05) is 104 Å². The number of likely N-dealkylation sites (tertiary alicyclic amines) is 2. The van der Waals surface area contributed by atoms with Crippen LogP contribution in [0.1, 0.15) is 148 Å². The first kappa shape index (κ1) is 66.3. The maximum atomic E-state index is 14.0. The molecule has 0 unspecified atom stereocenters. The topological polar surface area (TPSA) is 135 Å². The zero-order valence-electron chi connectivity index (χ0n) is 55.0. The molecule has 0 saturated carbocycles. The van der Waals surface area contributed by atoms with Gasteiger partial charge in [-0.15, -0.1) is 34.3 Å². The second-order valence-electron chi connectivity index (χ2n) is 28.5. The van der Waals surface area contributed by atoms with Gasteiger partial charge in [0.2, 0.25) is 23.6 Å². The number of nitrogens with one attached hydrogen (secondary N) is 3. The fraction of sp³-hybridized carbons (Fsp3) is 0.611. The molecule has 0 radical (unpaired) electrons. The maximum absolute atomic E-state index is 14.0. The number of carbonyl (C=O) groups excluding carboxylic acids is 4. The van der Waals surface area contributed by atoms with Gasteiger partial charge in [0.05, 0.1) is 35.3 Å². The number of aromatic nitrogens is 2. The number of hydrogen-bond acceptors (Lipinski definition) is 10. The van der Waals surface area contributed by atoms with Gasteiger partial charge >= 0.3 is 0 Å². The quantitative estimate of drug-likeness (QED) is 0.0866. The Bertz CT molecular complexity index is 3440. The Morgan fingerprint density at radius 3 is 1.22 bits per heavy atom. The van der Waals surface area contributed by atoms with E-state index >= 15 is 0 Å². The Morgan fingerprint density at radius 2 is 0.844 bits per heavy atom. The van der Waals surface area contributed by atoms with Gasteiger partial charge in [0, 0.05) is 136 Å². The van der Waals surface area contributed by atoms with E-state index < -0.39 is 10.8 Å². The number of carbonyl (C=O) groups is 4. The molecule has 8 aliphatic heterocycles. The summed E-state index contributed by atoms with van der Waals surface area (Å²) in [6.45, 7) is 31.1. The van der Waals surface area contributed by atoms with Crippen molar-refractivity contribution in [1.29, 1.82) is 0 Å². The lowest BCUT2D eigenvalue weighted by atomic mass is 9.88. The average Bonchev–Trinajstić information content (AvgIpc) is 1.63. The number of piperazine rings is 2. The number of aryl methyl sites for hydroxylation is 5. The summed E-state index contributed by atoms with van der Waals surface area (Å²) in [6.07, 6.45) is 15.8. The van der Waals surface area contributed by atoms with Crippen LogP contribution in [0.3, 0.4) is 0 Å². The SMILES string of the molecule is Cc1cc(C)cc(-c2[nH]c3sc(C(C)(C)C(=O)N4C5CCC4CC5)cc3c2CCCl)c1.Cc1cc(C)cc(-c2[nH]c3sc(C(C)(C)C(=O)N4C5CCC4CC5)cc3c2CCN2CCN(CC(=O)N3CCCC3)CC2)c1.F.O=C(CN1CCNCC1)N1CCCC1. The molecular weight excluding hydrogens is 1190 g/mol. The summed E-state index contributed by atoms with van der Waals surface area (Å²) in [7, 11) is 0. The van der Waals surface area contributed by atoms with E-state index in [1.807, 2.05) is 9.80 Å². The highest BCUT2D eigenvalue weighted by atomic mass is 35.5. The summed E-state index contributed by atoms with van der Waals surface area (Å²) in [5.74, 6) is 1.81. The molecule has 8 aliphatic rings. The molecule has 3 N–H and O–H groups in total. The molecule has 0 spiro atoms. The molecule has 18 heteroatoms. The van der Waals surface area contributed by atoms with Crippen LogP contribution in [0.2, 0.25) is 0 Å². The van der Waals surface area contributed by atoms with E-state index in [0.29, 0.717) is 66.8 Å². The number of halogens is 2. The van der Waals surface area contributed by atoms with Crippen molar-refractivity contribution >= 4 is 78.3 Å². The van der Waals surface area contributed by atoms with Crippen molar-refractivity contribution in [3.05, 3.63) is 91.7 Å². The molecule has 90 heavy (non-hydrogen) atoms. The Kier molecular flexibility index (Phi) is 20.8. The number of H-pyrrole nitrogens is 2. The first-order valence-corrected chi connectivity index (χ1v) is 36.1. The van der Waals surface area contributed by atoms with Crippen LogP contribution in [0.5, 0.6) is 0 Å². The van der Waals surface area contributed by atoms with Crippen molar-refractivity contribution in [2.24, 2.45) is 0 Å². The molecule has 0 atom stereocenters. The van der Waals surface area contributed by atoms with Crippen molar-refractivity contribution < 1.29 is 23.9 Å². The summed E-state index contributed by atoms with van der Waals surface area (Å²) in [5, 5.41) is 5.79. The van der Waals surface area contributed by atoms with Gasteiger partial charge in [-0.05, 0) is 204 Å². The van der Waals surface area contributed by atoms with Crippen LogP contribution in [0.25, 0.3) is 42.9 Å². The van der Waals surface area contributed by atoms with E-state index in [-0.39, 0.29) is 4.70 Å². The van der Waals surface area contributed by atoms with Gasteiger partial charge in [0.1, 0.15) is 9.66 Å². The van der Waals surface area contributed by atoms with Crippen LogP contribution >= 0.6 is 34.3 Å². The average molecular weight is 1290 g/mol. The fourth-order valence-electron chi connectivity index (χ4n) is 16.2. The smallest absolute Gasteiger partial charge is 0.236 e. The van der Waals surface area contributed by atoms with Crippen LogP contribution < -0.4 is 5.32 Å². The second-order valence-corrected chi connectivity index (χ2v) is 31.0. The molecule has 2 aromatic carbocycles. The monoisotopic (exact) mass is 1290 g/mol. The minimum atomic E-state index is -0.532. The highest BCUT2D eigenvalue weighted by molar-refractivity contribution is 7.19. The van der Waals surface area contributed by atoms with Gasteiger partial charge in [-0.3, -0.25) is 33.7 Å². The van der Waals surface area contributed by atoms with Crippen LogP contribution in [0, 0.1) is 27.7 Å². The number of aromatic amines is 2. The van der Waals surface area contributed by atoms with Crippen molar-refractivity contribution in [3.63, 3.8) is 0 Å². The minimum absolute atomic E-state index is 0. The lowest BCUT2D eigenvalue weighted by Crippen LogP contribution is -2.50. The minimum Gasteiger partial charge on any atom is -0.346 e. The number of thiophene rings is 2. The lowest BCUT2D eigenvalue weighted by Gasteiger charge is -2.35. The van der Waals surface area contributed by atoms with Gasteiger partial charge in [-0.2, -0.15) is 0 Å². The van der Waals surface area contributed by atoms with Crippen molar-refractivity contribution in [3.8, 4) is 22.5 Å². The third-order valence-corrected chi connectivity index (χ3v) is 24.2. The van der Waals surface area contributed by atoms with Gasteiger partial charge < -0.3 is 39.8 Å². The highest BCUT2D eigenvalue weighted by Gasteiger charge is 2.49. The Labute approximate surface area is 547 Å². The van der Waals surface area contributed by atoms with E-state index in [0.717, 1.165) is 120 Å². The molecule has 14 rings (SSSR count). The van der Waals surface area contributed by atoms with Gasteiger partial charge in [-0.1, -0.05) is 34.4 Å². The van der Waals surface area contributed by atoms with E-state index in [1.165, 1.54) is 141 Å². The highest BCUT2D eigenvalue weighted by Crippen LogP contribution is 2.47. The van der Waals surface area contributed by atoms with Crippen LogP contribution in [-0.2, 0) is 42.8 Å². The molecular formula is C72H100ClFN10O4S2. The van der Waals surface area contributed by atoms with E-state index in [9.17, 15) is 19.2 Å². The molecule has 8 saturated heterocycles. The molecule has 4 amide bonds. The number of alkyl halides is 1. The van der Waals surface area contributed by atoms with E-state index in [1.54, 1.807) is 22.7 Å². The van der Waals surface area contributed by atoms with Gasteiger partial charge in [0.15, 0.2) is 0 Å². The number of fused-ring (bicyclic) bond motifs is 6. The normalized spacial score (nSPS) is 22.2. The molecule has 6 aromatic rings. The summed E-state index contributed by atoms with van der Waals surface area (Å²) in [4.78, 5) is 79.8. The summed E-state index contributed by atoms with van der Waals surface area (Å²) in [5.41, 5.74) is 11.5. The third-order valence-electron chi connectivity index (χ3n) is 21.2. The van der Waals surface area contributed by atoms with Crippen molar-refractivity contribution in [2.45, 2.75) is 180 Å². The number of benzene rings is 2. The number of nitrogens with zero attached hydrogens (tertiary/aromatic N) is 7. The zero-order chi connectivity index (χ0) is 62.3. The zero-order valence-corrected chi connectivity index (χ0v) is 57.4. The number of hydrogen-bond donors (Lipinski definition) is 3. The van der Waals surface area contributed by atoms with E-state index in [2.05, 4.69) is 144 Å². The maximum Gasteiger partial charge on any atom is 0.236 e. The van der Waals surface area contributed by atoms with Crippen molar-refractivity contribution in [1.82, 2.24) is 49.6 Å². The fourth-order valence-corrected chi connectivity index (χ4v) is 18.8. The number of rotatable bonds is 15. The Morgan fingerprint density at radius 1 is 0.489 bits per heavy atom.